The maximum atomic E-state index is 11.4. The summed E-state index contributed by atoms with van der Waals surface area (Å²) in [4.78, 5) is 4.17. The summed E-state index contributed by atoms with van der Waals surface area (Å²) in [7, 11) is -2.84. The predicted molar refractivity (Wildman–Crippen MR) is 64.3 cm³/mol. The second-order valence-corrected chi connectivity index (χ2v) is 6.51. The van der Waals surface area contributed by atoms with Gasteiger partial charge in [0.1, 0.15) is 0 Å². The lowest BCUT2D eigenvalue weighted by Crippen LogP contribution is -2.34. The minimum absolute atomic E-state index is 0.0308. The van der Waals surface area contributed by atoms with Gasteiger partial charge in [-0.3, -0.25) is 4.98 Å². The van der Waals surface area contributed by atoms with Gasteiger partial charge in [-0.15, -0.1) is 0 Å². The lowest BCUT2D eigenvalue weighted by atomic mass is 10.2. The zero-order valence-corrected chi connectivity index (χ0v) is 10.1. The van der Waals surface area contributed by atoms with Gasteiger partial charge in [-0.25, -0.2) is 8.42 Å². The van der Waals surface area contributed by atoms with Gasteiger partial charge < -0.3 is 5.32 Å². The van der Waals surface area contributed by atoms with Crippen LogP contribution in [-0.2, 0) is 9.84 Å². The van der Waals surface area contributed by atoms with Crippen LogP contribution in [0.4, 0.5) is 5.69 Å². The minimum Gasteiger partial charge on any atom is -0.380 e. The molecule has 2 rings (SSSR count). The van der Waals surface area contributed by atoms with E-state index in [9.17, 15) is 8.42 Å². The molecular formula is C11H16N2O2S. The van der Waals surface area contributed by atoms with E-state index in [1.807, 2.05) is 19.1 Å². The fourth-order valence-electron chi connectivity index (χ4n) is 1.93. The largest absolute Gasteiger partial charge is 0.380 e. The first-order valence-electron chi connectivity index (χ1n) is 5.45. The Balaban J connectivity index is 2.02. The Morgan fingerprint density at radius 1 is 1.44 bits per heavy atom. The minimum atomic E-state index is -2.84. The van der Waals surface area contributed by atoms with Gasteiger partial charge >= 0.3 is 0 Å². The van der Waals surface area contributed by atoms with Gasteiger partial charge in [0.2, 0.25) is 0 Å². The summed E-state index contributed by atoms with van der Waals surface area (Å²) in [5, 5.41) is 3.22. The first kappa shape index (κ1) is 11.4. The average molecular weight is 240 g/mol. The van der Waals surface area contributed by atoms with Crippen LogP contribution >= 0.6 is 0 Å². The Bertz CT molecular complexity index is 453. The molecule has 1 unspecified atom stereocenters. The number of anilines is 1. The van der Waals surface area contributed by atoms with Crippen molar-refractivity contribution in [1.29, 1.82) is 0 Å². The van der Waals surface area contributed by atoms with Crippen molar-refractivity contribution in [2.45, 2.75) is 25.8 Å². The van der Waals surface area contributed by atoms with Gasteiger partial charge in [0.25, 0.3) is 0 Å². The van der Waals surface area contributed by atoms with Crippen molar-refractivity contribution in [3.63, 3.8) is 0 Å². The van der Waals surface area contributed by atoms with Crippen molar-refractivity contribution in [1.82, 2.24) is 4.98 Å². The average Bonchev–Trinajstić information content (AvgIpc) is 2.20. The smallest absolute Gasteiger partial charge is 0.152 e. The van der Waals surface area contributed by atoms with E-state index in [1.54, 1.807) is 6.20 Å². The zero-order chi connectivity index (χ0) is 11.6. The van der Waals surface area contributed by atoms with Gasteiger partial charge in [0, 0.05) is 11.7 Å². The molecule has 0 bridgehead atoms. The molecular weight excluding hydrogens is 224 g/mol. The summed E-state index contributed by atoms with van der Waals surface area (Å²) in [6.07, 6.45) is 3.41. The Morgan fingerprint density at radius 3 is 2.88 bits per heavy atom. The van der Waals surface area contributed by atoms with E-state index < -0.39 is 9.84 Å². The van der Waals surface area contributed by atoms with Crippen LogP contribution in [0.25, 0.3) is 0 Å². The van der Waals surface area contributed by atoms with E-state index in [2.05, 4.69) is 10.3 Å². The summed E-state index contributed by atoms with van der Waals surface area (Å²) in [6, 6.07) is 3.88. The standard InChI is InChI=1S/C11H16N2O2S/c1-9-4-5-10(7-12-9)13-11-3-2-6-16(14,15)8-11/h4-5,7,11,13H,2-3,6,8H2,1H3. The lowest BCUT2D eigenvalue weighted by molar-refractivity contribution is 0.562. The molecule has 1 aromatic rings. The third kappa shape index (κ3) is 2.95. The van der Waals surface area contributed by atoms with Gasteiger partial charge in [-0.2, -0.15) is 0 Å². The molecule has 1 aliphatic rings. The third-order valence-corrected chi connectivity index (χ3v) is 4.57. The number of nitrogens with one attached hydrogen (secondary N) is 1. The molecule has 1 aromatic heterocycles. The first-order chi connectivity index (χ1) is 7.55. The molecule has 1 aliphatic heterocycles. The normalized spacial score (nSPS) is 23.9. The van der Waals surface area contributed by atoms with E-state index in [1.165, 1.54) is 0 Å². The molecule has 4 nitrogen and oxygen atoms in total. The quantitative estimate of drug-likeness (QED) is 0.848. The van der Waals surface area contributed by atoms with E-state index >= 15 is 0 Å². The topological polar surface area (TPSA) is 59.1 Å². The van der Waals surface area contributed by atoms with Crippen LogP contribution in [0.15, 0.2) is 18.3 Å². The molecule has 0 spiro atoms. The van der Waals surface area contributed by atoms with Crippen molar-refractivity contribution in [3.05, 3.63) is 24.0 Å². The fourth-order valence-corrected chi connectivity index (χ4v) is 3.56. The van der Waals surface area contributed by atoms with Crippen LogP contribution in [-0.4, -0.2) is 30.9 Å². The molecule has 1 atom stereocenters. The van der Waals surface area contributed by atoms with E-state index in [-0.39, 0.29) is 11.8 Å². The molecule has 2 heterocycles. The van der Waals surface area contributed by atoms with Crippen LogP contribution < -0.4 is 5.32 Å². The third-order valence-electron chi connectivity index (χ3n) is 2.75. The molecule has 0 amide bonds. The van der Waals surface area contributed by atoms with Crippen LogP contribution in [0.3, 0.4) is 0 Å². The first-order valence-corrected chi connectivity index (χ1v) is 7.27. The van der Waals surface area contributed by atoms with Crippen molar-refractivity contribution in [2.24, 2.45) is 0 Å². The number of aromatic nitrogens is 1. The molecule has 5 heteroatoms. The number of hydrogen-bond donors (Lipinski definition) is 1. The van der Waals surface area contributed by atoms with Crippen molar-refractivity contribution < 1.29 is 8.42 Å². The van der Waals surface area contributed by atoms with Gasteiger partial charge in [0.05, 0.1) is 23.4 Å². The molecule has 16 heavy (non-hydrogen) atoms. The maximum absolute atomic E-state index is 11.4. The van der Waals surface area contributed by atoms with Crippen LogP contribution in [0.1, 0.15) is 18.5 Å². The van der Waals surface area contributed by atoms with Gasteiger partial charge in [0.15, 0.2) is 9.84 Å². The van der Waals surface area contributed by atoms with E-state index in [0.29, 0.717) is 5.75 Å². The summed E-state index contributed by atoms with van der Waals surface area (Å²) < 4.78 is 22.9. The van der Waals surface area contributed by atoms with Crippen molar-refractivity contribution >= 4 is 15.5 Å². The van der Waals surface area contributed by atoms with Crippen LogP contribution in [0.2, 0.25) is 0 Å². The maximum Gasteiger partial charge on any atom is 0.152 e. The molecule has 1 saturated heterocycles. The molecule has 1 N–H and O–H groups in total. The molecule has 1 fully saturated rings. The Kier molecular flexibility index (Phi) is 3.14. The lowest BCUT2D eigenvalue weighted by Gasteiger charge is -2.23. The fraction of sp³-hybridized carbons (Fsp3) is 0.545. The van der Waals surface area contributed by atoms with Crippen molar-refractivity contribution in [3.8, 4) is 0 Å². The van der Waals surface area contributed by atoms with Gasteiger partial charge in [-0.1, -0.05) is 0 Å². The zero-order valence-electron chi connectivity index (χ0n) is 9.31. The molecule has 0 aromatic carbocycles. The van der Waals surface area contributed by atoms with Crippen molar-refractivity contribution in [2.75, 3.05) is 16.8 Å². The van der Waals surface area contributed by atoms with Gasteiger partial charge in [-0.05, 0) is 31.9 Å². The highest BCUT2D eigenvalue weighted by atomic mass is 32.2. The number of sulfone groups is 1. The predicted octanol–water partition coefficient (Wildman–Crippen LogP) is 1.38. The molecule has 88 valence electrons. The van der Waals surface area contributed by atoms with Crippen LogP contribution in [0.5, 0.6) is 0 Å². The number of hydrogen-bond acceptors (Lipinski definition) is 4. The number of nitrogens with zero attached hydrogens (tertiary/aromatic N) is 1. The highest BCUT2D eigenvalue weighted by Gasteiger charge is 2.24. The SMILES string of the molecule is Cc1ccc(NC2CCCS(=O)(=O)C2)cn1. The monoisotopic (exact) mass is 240 g/mol. The number of rotatable bonds is 2. The van der Waals surface area contributed by atoms with E-state index in [0.717, 1.165) is 24.2 Å². The molecule has 0 aliphatic carbocycles. The highest BCUT2D eigenvalue weighted by Crippen LogP contribution is 2.16. The molecule has 0 saturated carbocycles. The Labute approximate surface area is 96.0 Å². The number of pyridine rings is 1. The van der Waals surface area contributed by atoms with Crippen LogP contribution in [0, 0.1) is 6.92 Å². The summed E-state index contributed by atoms with van der Waals surface area (Å²) in [6.45, 7) is 1.93. The van der Waals surface area contributed by atoms with E-state index in [4.69, 9.17) is 0 Å². The summed E-state index contributed by atoms with van der Waals surface area (Å²) >= 11 is 0. The Morgan fingerprint density at radius 2 is 2.25 bits per heavy atom. The second-order valence-electron chi connectivity index (χ2n) is 4.29. The second kappa shape index (κ2) is 4.41. The summed E-state index contributed by atoms with van der Waals surface area (Å²) in [5.41, 5.74) is 1.86. The molecule has 0 radical (unpaired) electrons. The Hall–Kier alpha value is -1.10. The summed E-state index contributed by atoms with van der Waals surface area (Å²) in [5.74, 6) is 0.568. The highest BCUT2D eigenvalue weighted by molar-refractivity contribution is 7.91. The number of aryl methyl sites for hydroxylation is 1.